The van der Waals surface area contributed by atoms with E-state index in [-0.39, 0.29) is 0 Å². The Bertz CT molecular complexity index is 617. The van der Waals surface area contributed by atoms with Gasteiger partial charge in [-0.3, -0.25) is 0 Å². The highest BCUT2D eigenvalue weighted by molar-refractivity contribution is 5.91. The molecule has 106 valence electrons. The number of benzene rings is 2. The van der Waals surface area contributed by atoms with Crippen LogP contribution in [-0.4, -0.2) is 12.1 Å². The average Bonchev–Trinajstić information content (AvgIpc) is 2.87. The van der Waals surface area contributed by atoms with Gasteiger partial charge in [0.05, 0.1) is 0 Å². The molecule has 3 rings (SSSR count). The molecule has 0 atom stereocenters. The van der Waals surface area contributed by atoms with Crippen LogP contribution in [0, 0.1) is 0 Å². The second-order valence-corrected chi connectivity index (χ2v) is 6.52. The molecule has 0 heterocycles. The standard InChI is InChI=1S/C19H25N/c1-13(2)20(14(3)4)19-12-15-8-5-6-9-16(15)17-10-7-11-18(17)19/h5-6,8-9,12-14H,7,10-11H2,1-4H3. The lowest BCUT2D eigenvalue weighted by molar-refractivity contribution is 0.606. The number of fused-ring (bicyclic) bond motifs is 3. The minimum Gasteiger partial charge on any atom is -0.366 e. The Morgan fingerprint density at radius 2 is 1.55 bits per heavy atom. The highest BCUT2D eigenvalue weighted by Crippen LogP contribution is 2.38. The Labute approximate surface area is 122 Å². The number of hydrogen-bond donors (Lipinski definition) is 0. The number of hydrogen-bond acceptors (Lipinski definition) is 1. The zero-order chi connectivity index (χ0) is 14.3. The van der Waals surface area contributed by atoms with E-state index < -0.39 is 0 Å². The van der Waals surface area contributed by atoms with Crippen molar-refractivity contribution in [2.24, 2.45) is 0 Å². The first-order chi connectivity index (χ1) is 9.59. The molecule has 1 aliphatic carbocycles. The van der Waals surface area contributed by atoms with Gasteiger partial charge in [0.2, 0.25) is 0 Å². The minimum absolute atomic E-state index is 0.542. The third kappa shape index (κ3) is 2.09. The molecule has 0 saturated heterocycles. The van der Waals surface area contributed by atoms with Gasteiger partial charge >= 0.3 is 0 Å². The van der Waals surface area contributed by atoms with Gasteiger partial charge in [-0.2, -0.15) is 0 Å². The van der Waals surface area contributed by atoms with E-state index in [1.165, 1.54) is 35.7 Å². The SMILES string of the molecule is CC(C)N(c1cc2ccccc2c2c1CCC2)C(C)C. The van der Waals surface area contributed by atoms with E-state index in [2.05, 4.69) is 62.9 Å². The van der Waals surface area contributed by atoms with E-state index in [1.54, 1.807) is 11.1 Å². The predicted octanol–water partition coefficient (Wildman–Crippen LogP) is 4.95. The first-order valence-corrected chi connectivity index (χ1v) is 7.91. The van der Waals surface area contributed by atoms with Crippen LogP contribution in [0.15, 0.2) is 30.3 Å². The monoisotopic (exact) mass is 267 g/mol. The largest absolute Gasteiger partial charge is 0.366 e. The molecule has 2 aromatic rings. The van der Waals surface area contributed by atoms with Gasteiger partial charge in [0, 0.05) is 17.8 Å². The van der Waals surface area contributed by atoms with E-state index in [4.69, 9.17) is 0 Å². The zero-order valence-electron chi connectivity index (χ0n) is 13.1. The smallest absolute Gasteiger partial charge is 0.0412 e. The fourth-order valence-electron chi connectivity index (χ4n) is 3.84. The zero-order valence-corrected chi connectivity index (χ0v) is 13.1. The van der Waals surface area contributed by atoms with E-state index in [0.717, 1.165) is 0 Å². The normalized spacial score (nSPS) is 14.3. The van der Waals surface area contributed by atoms with Crippen LogP contribution >= 0.6 is 0 Å². The molecule has 0 fully saturated rings. The molecule has 0 N–H and O–H groups in total. The minimum atomic E-state index is 0.542. The van der Waals surface area contributed by atoms with Gasteiger partial charge in [-0.15, -0.1) is 0 Å². The van der Waals surface area contributed by atoms with Crippen molar-refractivity contribution in [1.82, 2.24) is 0 Å². The van der Waals surface area contributed by atoms with Crippen molar-refractivity contribution in [2.45, 2.75) is 59.0 Å². The third-order valence-electron chi connectivity index (χ3n) is 4.50. The lowest BCUT2D eigenvalue weighted by atomic mass is 9.97. The van der Waals surface area contributed by atoms with Gasteiger partial charge in [-0.05, 0) is 74.9 Å². The molecule has 1 heteroatoms. The average molecular weight is 267 g/mol. The maximum atomic E-state index is 2.58. The van der Waals surface area contributed by atoms with Crippen molar-refractivity contribution < 1.29 is 0 Å². The molecule has 0 aromatic heterocycles. The highest BCUT2D eigenvalue weighted by Gasteiger charge is 2.24. The Morgan fingerprint density at radius 1 is 0.900 bits per heavy atom. The summed E-state index contributed by atoms with van der Waals surface area (Å²) in [4.78, 5) is 2.58. The van der Waals surface area contributed by atoms with Gasteiger partial charge in [0.1, 0.15) is 0 Å². The second kappa shape index (κ2) is 5.12. The van der Waals surface area contributed by atoms with Crippen LogP contribution in [0.25, 0.3) is 10.8 Å². The fourth-order valence-corrected chi connectivity index (χ4v) is 3.84. The quantitative estimate of drug-likeness (QED) is 0.760. The Morgan fingerprint density at radius 3 is 2.25 bits per heavy atom. The van der Waals surface area contributed by atoms with Gasteiger partial charge < -0.3 is 4.90 Å². The molecular weight excluding hydrogens is 242 g/mol. The van der Waals surface area contributed by atoms with Crippen molar-refractivity contribution >= 4 is 16.5 Å². The number of rotatable bonds is 3. The molecule has 0 bridgehead atoms. The Kier molecular flexibility index (Phi) is 3.45. The van der Waals surface area contributed by atoms with E-state index in [1.807, 2.05) is 0 Å². The van der Waals surface area contributed by atoms with Crippen LogP contribution in [0.4, 0.5) is 5.69 Å². The van der Waals surface area contributed by atoms with Crippen LogP contribution in [0.2, 0.25) is 0 Å². The summed E-state index contributed by atoms with van der Waals surface area (Å²) in [7, 11) is 0. The van der Waals surface area contributed by atoms with Gasteiger partial charge in [0.25, 0.3) is 0 Å². The van der Waals surface area contributed by atoms with Crippen molar-refractivity contribution in [1.29, 1.82) is 0 Å². The van der Waals surface area contributed by atoms with Gasteiger partial charge in [-0.25, -0.2) is 0 Å². The summed E-state index contributed by atoms with van der Waals surface area (Å²) in [6.45, 7) is 9.21. The number of aryl methyl sites for hydroxylation is 1. The molecule has 20 heavy (non-hydrogen) atoms. The molecule has 1 aliphatic rings. The molecule has 0 amide bonds. The summed E-state index contributed by atoms with van der Waals surface area (Å²) in [5.74, 6) is 0. The summed E-state index contributed by atoms with van der Waals surface area (Å²) >= 11 is 0. The summed E-state index contributed by atoms with van der Waals surface area (Å²) in [6, 6.07) is 12.4. The van der Waals surface area contributed by atoms with E-state index in [0.29, 0.717) is 12.1 Å². The molecule has 0 saturated carbocycles. The summed E-state index contributed by atoms with van der Waals surface area (Å²) in [5.41, 5.74) is 4.68. The molecule has 0 radical (unpaired) electrons. The first-order valence-electron chi connectivity index (χ1n) is 7.91. The Hall–Kier alpha value is -1.50. The van der Waals surface area contributed by atoms with Crippen molar-refractivity contribution in [3.05, 3.63) is 41.5 Å². The summed E-state index contributed by atoms with van der Waals surface area (Å²) in [5, 5.41) is 2.87. The molecule has 2 aromatic carbocycles. The predicted molar refractivity (Wildman–Crippen MR) is 88.7 cm³/mol. The van der Waals surface area contributed by atoms with Crippen LogP contribution < -0.4 is 4.90 Å². The maximum absolute atomic E-state index is 2.58. The van der Waals surface area contributed by atoms with Crippen LogP contribution in [0.1, 0.15) is 45.2 Å². The molecule has 1 nitrogen and oxygen atoms in total. The van der Waals surface area contributed by atoms with Crippen molar-refractivity contribution in [2.75, 3.05) is 4.90 Å². The van der Waals surface area contributed by atoms with Crippen LogP contribution in [-0.2, 0) is 12.8 Å². The summed E-state index contributed by atoms with van der Waals surface area (Å²) < 4.78 is 0. The second-order valence-electron chi connectivity index (χ2n) is 6.52. The van der Waals surface area contributed by atoms with Gasteiger partial charge in [0.15, 0.2) is 0 Å². The number of anilines is 1. The Balaban J connectivity index is 2.26. The van der Waals surface area contributed by atoms with Gasteiger partial charge in [-0.1, -0.05) is 24.3 Å². The van der Waals surface area contributed by atoms with Crippen molar-refractivity contribution in [3.63, 3.8) is 0 Å². The summed E-state index contributed by atoms with van der Waals surface area (Å²) in [6.07, 6.45) is 3.79. The van der Waals surface area contributed by atoms with Crippen LogP contribution in [0.5, 0.6) is 0 Å². The maximum Gasteiger partial charge on any atom is 0.0412 e. The molecule has 0 aliphatic heterocycles. The molecule has 0 unspecified atom stereocenters. The van der Waals surface area contributed by atoms with E-state index >= 15 is 0 Å². The first kappa shape index (κ1) is 13.5. The topological polar surface area (TPSA) is 3.24 Å². The van der Waals surface area contributed by atoms with Crippen LogP contribution in [0.3, 0.4) is 0 Å². The van der Waals surface area contributed by atoms with E-state index in [9.17, 15) is 0 Å². The molecule has 0 spiro atoms. The number of nitrogens with zero attached hydrogens (tertiary/aromatic N) is 1. The fraction of sp³-hybridized carbons (Fsp3) is 0.474. The lowest BCUT2D eigenvalue weighted by Gasteiger charge is -2.35. The highest BCUT2D eigenvalue weighted by atomic mass is 15.2. The third-order valence-corrected chi connectivity index (χ3v) is 4.50. The molecular formula is C19H25N. The van der Waals surface area contributed by atoms with Crippen molar-refractivity contribution in [3.8, 4) is 0 Å². The lowest BCUT2D eigenvalue weighted by Crippen LogP contribution is -2.37.